The van der Waals surface area contributed by atoms with Gasteiger partial charge in [-0.1, -0.05) is 0 Å². The van der Waals surface area contributed by atoms with Crippen molar-refractivity contribution in [2.45, 2.75) is 25.2 Å². The fraction of sp³-hybridized carbons (Fsp3) is 0.421. The van der Waals surface area contributed by atoms with Crippen LogP contribution in [-0.4, -0.2) is 57.8 Å². The Morgan fingerprint density at radius 2 is 1.79 bits per heavy atom. The Bertz CT molecular complexity index is 921. The number of nitrogens with two attached hydrogens (primary N) is 1. The molecule has 2 amide bonds. The van der Waals surface area contributed by atoms with Crippen LogP contribution in [-0.2, 0) is 11.2 Å². The van der Waals surface area contributed by atoms with Crippen LogP contribution in [0.1, 0.15) is 40.5 Å². The molecule has 2 aliphatic rings. The zero-order valence-electron chi connectivity index (χ0n) is 15.3. The van der Waals surface area contributed by atoms with Crippen LogP contribution < -0.4 is 5.73 Å². The number of fused-ring (bicyclic) bond motifs is 1. The van der Waals surface area contributed by atoms with Crippen molar-refractivity contribution in [1.29, 1.82) is 0 Å². The van der Waals surface area contributed by atoms with E-state index in [-0.39, 0.29) is 23.1 Å². The van der Waals surface area contributed by atoms with Gasteiger partial charge in [-0.05, 0) is 25.3 Å². The van der Waals surface area contributed by atoms with Crippen molar-refractivity contribution >= 4 is 17.5 Å². The second-order valence-electron chi connectivity index (χ2n) is 7.18. The van der Waals surface area contributed by atoms with Crippen LogP contribution in [0.15, 0.2) is 18.5 Å². The molecule has 0 bridgehead atoms. The first-order valence-electron chi connectivity index (χ1n) is 9.30. The number of hydrogen-bond donors (Lipinski definition) is 2. The number of hydrogen-bond acceptors (Lipinski definition) is 4. The molecule has 0 spiro atoms. The summed E-state index contributed by atoms with van der Waals surface area (Å²) in [4.78, 5) is 36.2. The highest BCUT2D eigenvalue weighted by molar-refractivity contribution is 5.99. The van der Waals surface area contributed by atoms with Crippen molar-refractivity contribution in [2.75, 3.05) is 31.9 Å². The minimum atomic E-state index is -1.11. The van der Waals surface area contributed by atoms with Gasteiger partial charge in [-0.2, -0.15) is 0 Å². The van der Waals surface area contributed by atoms with Gasteiger partial charge in [-0.15, -0.1) is 0 Å². The number of carbonyl (C=O) groups excluding carboxylic acids is 2. The molecule has 0 radical (unpaired) electrons. The first-order chi connectivity index (χ1) is 13.5. The SMILES string of the molecule is Nc1cc(F)c(F)cc1C(=O)N1CCN(C(=O)C2CCCc3[nH]cnc32)CC1. The van der Waals surface area contributed by atoms with Gasteiger partial charge >= 0.3 is 0 Å². The van der Waals surface area contributed by atoms with Crippen LogP contribution in [0.5, 0.6) is 0 Å². The summed E-state index contributed by atoms with van der Waals surface area (Å²) in [5, 5.41) is 0. The lowest BCUT2D eigenvalue weighted by molar-refractivity contribution is -0.134. The third kappa shape index (κ3) is 3.21. The van der Waals surface area contributed by atoms with Gasteiger partial charge in [-0.25, -0.2) is 13.8 Å². The number of halogens is 2. The molecule has 28 heavy (non-hydrogen) atoms. The van der Waals surface area contributed by atoms with E-state index in [1.807, 2.05) is 0 Å². The Balaban J connectivity index is 1.42. The predicted octanol–water partition coefficient (Wildman–Crippen LogP) is 1.67. The van der Waals surface area contributed by atoms with E-state index < -0.39 is 17.5 Å². The van der Waals surface area contributed by atoms with Gasteiger partial charge < -0.3 is 20.5 Å². The van der Waals surface area contributed by atoms with E-state index in [9.17, 15) is 18.4 Å². The highest BCUT2D eigenvalue weighted by Crippen LogP contribution is 2.31. The average molecular weight is 389 g/mol. The van der Waals surface area contributed by atoms with Crippen LogP contribution in [0.4, 0.5) is 14.5 Å². The molecule has 9 heteroatoms. The quantitative estimate of drug-likeness (QED) is 0.764. The maximum Gasteiger partial charge on any atom is 0.256 e. The second-order valence-corrected chi connectivity index (χ2v) is 7.18. The maximum absolute atomic E-state index is 13.5. The molecule has 148 valence electrons. The topological polar surface area (TPSA) is 95.3 Å². The summed E-state index contributed by atoms with van der Waals surface area (Å²) in [6.45, 7) is 1.38. The van der Waals surface area contributed by atoms with Crippen molar-refractivity contribution in [3.8, 4) is 0 Å². The molecule has 0 saturated carbocycles. The molecule has 2 heterocycles. The number of nitrogen functional groups attached to an aromatic ring is 1. The Kier molecular flexibility index (Phi) is 4.74. The summed E-state index contributed by atoms with van der Waals surface area (Å²) >= 11 is 0. The lowest BCUT2D eigenvalue weighted by Crippen LogP contribution is -2.52. The molecule has 1 saturated heterocycles. The summed E-state index contributed by atoms with van der Waals surface area (Å²) < 4.78 is 26.7. The minimum Gasteiger partial charge on any atom is -0.398 e. The first kappa shape index (κ1) is 18.4. The Labute approximate surface area is 160 Å². The van der Waals surface area contributed by atoms with Crippen molar-refractivity contribution in [3.05, 3.63) is 47.0 Å². The molecular formula is C19H21F2N5O2. The molecule has 7 nitrogen and oxygen atoms in total. The summed E-state index contributed by atoms with van der Waals surface area (Å²) in [6, 6.07) is 1.64. The summed E-state index contributed by atoms with van der Waals surface area (Å²) in [5.74, 6) is -2.89. The number of aromatic amines is 1. The molecule has 1 aliphatic heterocycles. The van der Waals surface area contributed by atoms with E-state index in [0.717, 1.165) is 42.8 Å². The van der Waals surface area contributed by atoms with Gasteiger partial charge in [0.2, 0.25) is 5.91 Å². The number of benzene rings is 1. The van der Waals surface area contributed by atoms with Crippen LogP contribution in [0, 0.1) is 11.6 Å². The van der Waals surface area contributed by atoms with Gasteiger partial charge in [0.25, 0.3) is 5.91 Å². The van der Waals surface area contributed by atoms with Crippen LogP contribution in [0.2, 0.25) is 0 Å². The number of piperazine rings is 1. The molecule has 1 unspecified atom stereocenters. The predicted molar refractivity (Wildman–Crippen MR) is 97.5 cm³/mol. The van der Waals surface area contributed by atoms with E-state index in [4.69, 9.17) is 5.73 Å². The van der Waals surface area contributed by atoms with Crippen molar-refractivity contribution in [1.82, 2.24) is 19.8 Å². The zero-order valence-corrected chi connectivity index (χ0v) is 15.3. The Morgan fingerprint density at radius 3 is 2.54 bits per heavy atom. The van der Waals surface area contributed by atoms with E-state index in [2.05, 4.69) is 9.97 Å². The fourth-order valence-electron chi connectivity index (χ4n) is 3.96. The number of amides is 2. The third-order valence-corrected chi connectivity index (χ3v) is 5.50. The number of anilines is 1. The van der Waals surface area contributed by atoms with Crippen molar-refractivity contribution in [2.24, 2.45) is 0 Å². The van der Waals surface area contributed by atoms with Gasteiger partial charge in [0.1, 0.15) is 0 Å². The number of aryl methyl sites for hydroxylation is 1. The second kappa shape index (κ2) is 7.21. The zero-order chi connectivity index (χ0) is 19.8. The molecule has 4 rings (SSSR count). The van der Waals surface area contributed by atoms with Crippen LogP contribution in [0.25, 0.3) is 0 Å². The minimum absolute atomic E-state index is 0.0208. The molecular weight excluding hydrogens is 368 g/mol. The highest BCUT2D eigenvalue weighted by atomic mass is 19.2. The smallest absolute Gasteiger partial charge is 0.256 e. The molecule has 1 fully saturated rings. The average Bonchev–Trinajstić information content (AvgIpc) is 3.19. The number of carbonyl (C=O) groups is 2. The normalized spacial score (nSPS) is 19.4. The number of nitrogens with zero attached hydrogens (tertiary/aromatic N) is 3. The van der Waals surface area contributed by atoms with E-state index in [0.29, 0.717) is 26.2 Å². The number of imidazole rings is 1. The summed E-state index contributed by atoms with van der Waals surface area (Å²) in [7, 11) is 0. The summed E-state index contributed by atoms with van der Waals surface area (Å²) in [6.07, 6.45) is 4.22. The largest absolute Gasteiger partial charge is 0.398 e. The number of aromatic nitrogens is 2. The number of nitrogens with one attached hydrogen (secondary N) is 1. The van der Waals surface area contributed by atoms with Gasteiger partial charge in [-0.3, -0.25) is 9.59 Å². The van der Waals surface area contributed by atoms with Gasteiger partial charge in [0.15, 0.2) is 11.6 Å². The number of H-pyrrole nitrogens is 1. The Hall–Kier alpha value is -2.97. The lowest BCUT2D eigenvalue weighted by Gasteiger charge is -2.37. The molecule has 2 aromatic rings. The molecule has 1 aromatic carbocycles. The highest BCUT2D eigenvalue weighted by Gasteiger charge is 2.34. The van der Waals surface area contributed by atoms with E-state index >= 15 is 0 Å². The lowest BCUT2D eigenvalue weighted by atomic mass is 9.88. The Morgan fingerprint density at radius 1 is 1.11 bits per heavy atom. The van der Waals surface area contributed by atoms with Crippen molar-refractivity contribution in [3.63, 3.8) is 0 Å². The van der Waals surface area contributed by atoms with Gasteiger partial charge in [0.05, 0.1) is 23.5 Å². The molecule has 1 aromatic heterocycles. The van der Waals surface area contributed by atoms with E-state index in [1.54, 1.807) is 11.2 Å². The first-order valence-corrected chi connectivity index (χ1v) is 9.30. The monoisotopic (exact) mass is 389 g/mol. The molecule has 3 N–H and O–H groups in total. The van der Waals surface area contributed by atoms with E-state index in [1.165, 1.54) is 4.90 Å². The number of rotatable bonds is 2. The fourth-order valence-corrected chi connectivity index (χ4v) is 3.96. The van der Waals surface area contributed by atoms with Crippen molar-refractivity contribution < 1.29 is 18.4 Å². The van der Waals surface area contributed by atoms with Crippen LogP contribution in [0.3, 0.4) is 0 Å². The van der Waals surface area contributed by atoms with Gasteiger partial charge in [0, 0.05) is 43.6 Å². The molecule has 1 aliphatic carbocycles. The molecule has 1 atom stereocenters. The summed E-state index contributed by atoms with van der Waals surface area (Å²) in [5.41, 5.74) is 7.36. The van der Waals surface area contributed by atoms with Crippen LogP contribution >= 0.6 is 0 Å². The standard InChI is InChI=1S/C19H21F2N5O2/c20-13-8-12(15(22)9-14(13)21)19(28)26-6-4-25(5-7-26)18(27)11-2-1-3-16-17(11)24-10-23-16/h8-11H,1-7,22H2,(H,23,24). The third-order valence-electron chi connectivity index (χ3n) is 5.50. The maximum atomic E-state index is 13.5.